The van der Waals surface area contributed by atoms with Crippen molar-refractivity contribution in [2.75, 3.05) is 18.9 Å². The first-order valence-corrected chi connectivity index (χ1v) is 7.41. The van der Waals surface area contributed by atoms with Crippen molar-refractivity contribution in [3.05, 3.63) is 16.8 Å². The normalized spacial score (nSPS) is 23.6. The lowest BCUT2D eigenvalue weighted by Crippen LogP contribution is -2.43. The molecule has 0 amide bonds. The Bertz CT molecular complexity index is 517. The van der Waals surface area contributed by atoms with Crippen LogP contribution in [0.2, 0.25) is 0 Å². The van der Waals surface area contributed by atoms with Gasteiger partial charge in [0.1, 0.15) is 4.99 Å². The summed E-state index contributed by atoms with van der Waals surface area (Å²) in [6.45, 7) is 7.24. The van der Waals surface area contributed by atoms with Gasteiger partial charge in [-0.3, -0.25) is 0 Å². The van der Waals surface area contributed by atoms with Gasteiger partial charge >= 0.3 is 0 Å². The van der Waals surface area contributed by atoms with E-state index in [1.165, 1.54) is 0 Å². The topological polar surface area (TPSA) is 67.1 Å². The van der Waals surface area contributed by atoms with Crippen LogP contribution in [0.25, 0.3) is 0 Å². The Kier molecular flexibility index (Phi) is 4.55. The van der Waals surface area contributed by atoms with E-state index in [1.807, 2.05) is 13.8 Å². The van der Waals surface area contributed by atoms with Gasteiger partial charge in [0.15, 0.2) is 5.82 Å². The number of nitrogens with one attached hydrogen (secondary N) is 1. The molecule has 0 aromatic carbocycles. The Labute approximate surface area is 125 Å². The number of piperidine rings is 1. The van der Waals surface area contributed by atoms with Crippen molar-refractivity contribution in [2.45, 2.75) is 45.7 Å². The highest BCUT2D eigenvalue weighted by Gasteiger charge is 2.24. The summed E-state index contributed by atoms with van der Waals surface area (Å²) in [5.41, 5.74) is 8.57. The standard InChI is InChI=1S/C14H23N5S/c1-8-7-11(5-6-19(8)4)16-14-12(13(15)20)9(2)10(3)17-18-14/h8,11H,5-7H2,1-4H3,(H2,15,20)(H,16,18). The number of aryl methyl sites for hydroxylation is 1. The van der Waals surface area contributed by atoms with Gasteiger partial charge in [-0.05, 0) is 46.2 Å². The van der Waals surface area contributed by atoms with Crippen LogP contribution in [0.1, 0.15) is 36.6 Å². The zero-order valence-electron chi connectivity index (χ0n) is 12.6. The van der Waals surface area contributed by atoms with Crippen LogP contribution in [0.5, 0.6) is 0 Å². The molecule has 110 valence electrons. The molecule has 1 aliphatic rings. The number of nitrogens with zero attached hydrogens (tertiary/aromatic N) is 3. The average molecular weight is 293 g/mol. The lowest BCUT2D eigenvalue weighted by atomic mass is 9.98. The van der Waals surface area contributed by atoms with Gasteiger partial charge in [0.25, 0.3) is 0 Å². The van der Waals surface area contributed by atoms with Crippen molar-refractivity contribution in [1.29, 1.82) is 0 Å². The smallest absolute Gasteiger partial charge is 0.159 e. The minimum absolute atomic E-state index is 0.379. The Morgan fingerprint density at radius 1 is 1.40 bits per heavy atom. The zero-order valence-corrected chi connectivity index (χ0v) is 13.4. The fourth-order valence-corrected chi connectivity index (χ4v) is 2.87. The van der Waals surface area contributed by atoms with Crippen molar-refractivity contribution in [1.82, 2.24) is 15.1 Å². The van der Waals surface area contributed by atoms with Crippen molar-refractivity contribution < 1.29 is 0 Å². The minimum atomic E-state index is 0.379. The molecule has 0 aliphatic carbocycles. The van der Waals surface area contributed by atoms with Gasteiger partial charge in [-0.1, -0.05) is 12.2 Å². The Balaban J connectivity index is 2.22. The van der Waals surface area contributed by atoms with E-state index in [1.54, 1.807) is 0 Å². The predicted octanol–water partition coefficient (Wildman–Crippen LogP) is 1.62. The molecule has 1 fully saturated rings. The summed E-state index contributed by atoms with van der Waals surface area (Å²) in [6, 6.07) is 0.958. The molecule has 2 rings (SSSR count). The summed E-state index contributed by atoms with van der Waals surface area (Å²) in [5.74, 6) is 0.724. The first kappa shape index (κ1) is 15.1. The molecule has 0 saturated carbocycles. The summed E-state index contributed by atoms with van der Waals surface area (Å²) in [6.07, 6.45) is 2.17. The number of nitrogens with two attached hydrogens (primary N) is 1. The van der Waals surface area contributed by atoms with E-state index in [2.05, 4.69) is 34.4 Å². The summed E-state index contributed by atoms with van der Waals surface area (Å²) in [7, 11) is 2.16. The van der Waals surface area contributed by atoms with Gasteiger partial charge in [-0.15, -0.1) is 5.10 Å². The predicted molar refractivity (Wildman–Crippen MR) is 86.1 cm³/mol. The van der Waals surface area contributed by atoms with E-state index in [0.717, 1.165) is 42.0 Å². The summed E-state index contributed by atoms with van der Waals surface area (Å²) in [4.78, 5) is 2.75. The fraction of sp³-hybridized carbons (Fsp3) is 0.643. The van der Waals surface area contributed by atoms with Crippen molar-refractivity contribution >= 4 is 23.0 Å². The minimum Gasteiger partial charge on any atom is -0.389 e. The number of anilines is 1. The number of hydrogen-bond acceptors (Lipinski definition) is 5. The highest BCUT2D eigenvalue weighted by Crippen LogP contribution is 2.23. The third kappa shape index (κ3) is 3.07. The first-order chi connectivity index (χ1) is 9.40. The van der Waals surface area contributed by atoms with E-state index >= 15 is 0 Å². The second-order valence-corrected chi connectivity index (χ2v) is 6.13. The lowest BCUT2D eigenvalue weighted by Gasteiger charge is -2.35. The maximum absolute atomic E-state index is 5.85. The Morgan fingerprint density at radius 2 is 2.10 bits per heavy atom. The van der Waals surface area contributed by atoms with Crippen molar-refractivity contribution in [3.8, 4) is 0 Å². The van der Waals surface area contributed by atoms with E-state index in [-0.39, 0.29) is 0 Å². The summed E-state index contributed by atoms with van der Waals surface area (Å²) < 4.78 is 0. The molecule has 2 atom stereocenters. The number of rotatable bonds is 3. The van der Waals surface area contributed by atoms with Crippen LogP contribution >= 0.6 is 12.2 Å². The molecule has 0 bridgehead atoms. The van der Waals surface area contributed by atoms with E-state index in [0.29, 0.717) is 17.1 Å². The second kappa shape index (κ2) is 6.01. The second-order valence-electron chi connectivity index (χ2n) is 5.69. The van der Waals surface area contributed by atoms with Crippen molar-refractivity contribution in [3.63, 3.8) is 0 Å². The Morgan fingerprint density at radius 3 is 2.70 bits per heavy atom. The maximum Gasteiger partial charge on any atom is 0.159 e. The molecule has 6 heteroatoms. The molecule has 0 spiro atoms. The molecule has 1 aliphatic heterocycles. The zero-order chi connectivity index (χ0) is 14.9. The highest BCUT2D eigenvalue weighted by molar-refractivity contribution is 7.80. The van der Waals surface area contributed by atoms with Crippen LogP contribution in [0.15, 0.2) is 0 Å². The number of aromatic nitrogens is 2. The van der Waals surface area contributed by atoms with Crippen LogP contribution in [0, 0.1) is 13.8 Å². The molecule has 20 heavy (non-hydrogen) atoms. The third-order valence-corrected chi connectivity index (χ3v) is 4.45. The van der Waals surface area contributed by atoms with Crippen LogP contribution in [-0.2, 0) is 0 Å². The van der Waals surface area contributed by atoms with E-state index in [4.69, 9.17) is 18.0 Å². The van der Waals surface area contributed by atoms with Crippen LogP contribution in [-0.4, -0.2) is 45.8 Å². The molecule has 5 nitrogen and oxygen atoms in total. The molecule has 2 heterocycles. The van der Waals surface area contributed by atoms with Gasteiger partial charge in [0.2, 0.25) is 0 Å². The number of thiocarbonyl (C=S) groups is 1. The van der Waals surface area contributed by atoms with Crippen LogP contribution in [0.3, 0.4) is 0 Å². The van der Waals surface area contributed by atoms with Crippen molar-refractivity contribution in [2.24, 2.45) is 5.73 Å². The SMILES string of the molecule is Cc1nnc(NC2CCN(C)C(C)C2)c(C(N)=S)c1C. The van der Waals surface area contributed by atoms with Crippen LogP contribution < -0.4 is 11.1 Å². The summed E-state index contributed by atoms with van der Waals surface area (Å²) >= 11 is 5.17. The van der Waals surface area contributed by atoms with E-state index in [9.17, 15) is 0 Å². The fourth-order valence-electron chi connectivity index (χ4n) is 2.62. The summed E-state index contributed by atoms with van der Waals surface area (Å²) in [5, 5.41) is 11.9. The van der Waals surface area contributed by atoms with Gasteiger partial charge in [0, 0.05) is 18.6 Å². The molecule has 0 radical (unpaired) electrons. The number of hydrogen-bond donors (Lipinski definition) is 2. The first-order valence-electron chi connectivity index (χ1n) is 7.00. The molecule has 2 unspecified atom stereocenters. The average Bonchev–Trinajstić information content (AvgIpc) is 2.38. The molecular formula is C14H23N5S. The molecular weight excluding hydrogens is 270 g/mol. The monoisotopic (exact) mass is 293 g/mol. The third-order valence-electron chi connectivity index (χ3n) is 4.25. The largest absolute Gasteiger partial charge is 0.389 e. The molecule has 1 aromatic heterocycles. The highest BCUT2D eigenvalue weighted by atomic mass is 32.1. The molecule has 1 saturated heterocycles. The Hall–Kier alpha value is -1.27. The van der Waals surface area contributed by atoms with E-state index < -0.39 is 0 Å². The molecule has 1 aromatic rings. The molecule has 3 N–H and O–H groups in total. The van der Waals surface area contributed by atoms with Gasteiger partial charge < -0.3 is 16.0 Å². The quantitative estimate of drug-likeness (QED) is 0.826. The lowest BCUT2D eigenvalue weighted by molar-refractivity contribution is 0.190. The van der Waals surface area contributed by atoms with Gasteiger partial charge in [-0.2, -0.15) is 5.10 Å². The number of likely N-dealkylation sites (tertiary alicyclic amines) is 1. The van der Waals surface area contributed by atoms with Gasteiger partial charge in [-0.25, -0.2) is 0 Å². The van der Waals surface area contributed by atoms with Crippen LogP contribution in [0.4, 0.5) is 5.82 Å². The van der Waals surface area contributed by atoms with Gasteiger partial charge in [0.05, 0.1) is 11.3 Å². The maximum atomic E-state index is 5.85.